The van der Waals surface area contributed by atoms with E-state index >= 15 is 0 Å². The normalized spacial score (nSPS) is 15.3. The zero-order valence-electron chi connectivity index (χ0n) is 11.5. The second-order valence-electron chi connectivity index (χ2n) is 4.94. The predicted molar refractivity (Wildman–Crippen MR) is 83.2 cm³/mol. The number of rotatable bonds is 2. The molecular formula is C15H16FN3OS. The van der Waals surface area contributed by atoms with Gasteiger partial charge in [0.25, 0.3) is 5.91 Å². The quantitative estimate of drug-likeness (QED) is 0.927. The average Bonchev–Trinajstić information content (AvgIpc) is 2.93. The van der Waals surface area contributed by atoms with Gasteiger partial charge in [-0.05, 0) is 23.6 Å². The summed E-state index contributed by atoms with van der Waals surface area (Å²) in [4.78, 5) is 16.7. The minimum atomic E-state index is -0.222. The fraction of sp³-hybridized carbons (Fsp3) is 0.267. The summed E-state index contributed by atoms with van der Waals surface area (Å²) in [6, 6.07) is 8.47. The minimum Gasteiger partial charge on any atom is -0.397 e. The Kier molecular flexibility index (Phi) is 3.79. The summed E-state index contributed by atoms with van der Waals surface area (Å²) in [6.07, 6.45) is 0. The number of thiophene rings is 1. The van der Waals surface area contributed by atoms with Crippen LogP contribution in [0.3, 0.4) is 0 Å². The van der Waals surface area contributed by atoms with Gasteiger partial charge in [-0.15, -0.1) is 11.3 Å². The number of nitrogen functional groups attached to an aromatic ring is 1. The molecule has 4 nitrogen and oxygen atoms in total. The van der Waals surface area contributed by atoms with Crippen LogP contribution in [-0.4, -0.2) is 37.0 Å². The van der Waals surface area contributed by atoms with Gasteiger partial charge in [0.1, 0.15) is 10.7 Å². The maximum absolute atomic E-state index is 13.8. The van der Waals surface area contributed by atoms with Crippen molar-refractivity contribution in [3.8, 4) is 0 Å². The maximum Gasteiger partial charge on any atom is 0.266 e. The van der Waals surface area contributed by atoms with E-state index in [0.29, 0.717) is 42.4 Å². The molecule has 0 saturated carbocycles. The highest BCUT2D eigenvalue weighted by atomic mass is 32.1. The molecule has 110 valence electrons. The van der Waals surface area contributed by atoms with Crippen molar-refractivity contribution in [3.05, 3.63) is 46.4 Å². The van der Waals surface area contributed by atoms with E-state index < -0.39 is 0 Å². The van der Waals surface area contributed by atoms with Gasteiger partial charge in [0.05, 0.1) is 11.4 Å². The van der Waals surface area contributed by atoms with Crippen LogP contribution in [0.4, 0.5) is 15.8 Å². The zero-order chi connectivity index (χ0) is 14.8. The number of hydrogen-bond acceptors (Lipinski definition) is 4. The average molecular weight is 305 g/mol. The molecule has 1 aromatic carbocycles. The predicted octanol–water partition coefficient (Wildman–Crippen LogP) is 2.43. The summed E-state index contributed by atoms with van der Waals surface area (Å²) < 4.78 is 13.8. The Balaban J connectivity index is 1.67. The molecule has 2 aromatic rings. The van der Waals surface area contributed by atoms with E-state index in [0.717, 1.165) is 0 Å². The van der Waals surface area contributed by atoms with Gasteiger partial charge < -0.3 is 15.5 Å². The lowest BCUT2D eigenvalue weighted by Gasteiger charge is -2.36. The molecule has 1 amide bonds. The van der Waals surface area contributed by atoms with Crippen molar-refractivity contribution in [2.45, 2.75) is 0 Å². The number of para-hydroxylation sites is 1. The molecule has 1 saturated heterocycles. The van der Waals surface area contributed by atoms with E-state index in [1.54, 1.807) is 23.1 Å². The van der Waals surface area contributed by atoms with Crippen LogP contribution in [0.5, 0.6) is 0 Å². The van der Waals surface area contributed by atoms with E-state index in [1.165, 1.54) is 17.4 Å². The number of nitrogens with two attached hydrogens (primary N) is 1. The molecule has 1 aromatic heterocycles. The second kappa shape index (κ2) is 5.73. The van der Waals surface area contributed by atoms with Gasteiger partial charge in [-0.3, -0.25) is 4.79 Å². The van der Waals surface area contributed by atoms with E-state index in [4.69, 9.17) is 5.73 Å². The van der Waals surface area contributed by atoms with Crippen molar-refractivity contribution in [2.24, 2.45) is 0 Å². The Bertz CT molecular complexity index is 650. The number of carbonyl (C=O) groups is 1. The Morgan fingerprint density at radius 3 is 2.48 bits per heavy atom. The summed E-state index contributed by atoms with van der Waals surface area (Å²) in [6.45, 7) is 2.39. The van der Waals surface area contributed by atoms with Gasteiger partial charge in [-0.1, -0.05) is 12.1 Å². The number of carbonyl (C=O) groups excluding carboxylic acids is 1. The van der Waals surface area contributed by atoms with Crippen LogP contribution in [0.2, 0.25) is 0 Å². The maximum atomic E-state index is 13.8. The molecule has 0 bridgehead atoms. The van der Waals surface area contributed by atoms with Crippen LogP contribution in [0.1, 0.15) is 9.67 Å². The Labute approximate surface area is 126 Å². The van der Waals surface area contributed by atoms with E-state index in [-0.39, 0.29) is 11.7 Å². The lowest BCUT2D eigenvalue weighted by molar-refractivity contribution is 0.0752. The van der Waals surface area contributed by atoms with Crippen LogP contribution in [0, 0.1) is 5.82 Å². The van der Waals surface area contributed by atoms with Gasteiger partial charge >= 0.3 is 0 Å². The number of hydrogen-bond donors (Lipinski definition) is 1. The van der Waals surface area contributed by atoms with Crippen molar-refractivity contribution in [3.63, 3.8) is 0 Å². The first-order valence-corrected chi connectivity index (χ1v) is 7.66. The number of halogens is 1. The highest BCUT2D eigenvalue weighted by Crippen LogP contribution is 2.24. The topological polar surface area (TPSA) is 49.6 Å². The van der Waals surface area contributed by atoms with E-state index in [1.807, 2.05) is 16.3 Å². The summed E-state index contributed by atoms with van der Waals surface area (Å²) >= 11 is 1.36. The third-order valence-electron chi connectivity index (χ3n) is 3.65. The number of piperazine rings is 1. The van der Waals surface area contributed by atoms with Crippen LogP contribution in [0.25, 0.3) is 0 Å². The van der Waals surface area contributed by atoms with Gasteiger partial charge in [0.2, 0.25) is 0 Å². The molecule has 6 heteroatoms. The molecule has 1 aliphatic rings. The molecule has 2 heterocycles. The fourth-order valence-electron chi connectivity index (χ4n) is 2.50. The molecule has 1 fully saturated rings. The fourth-order valence-corrected chi connectivity index (χ4v) is 3.28. The molecule has 0 atom stereocenters. The van der Waals surface area contributed by atoms with Crippen molar-refractivity contribution in [1.82, 2.24) is 4.90 Å². The van der Waals surface area contributed by atoms with Crippen molar-refractivity contribution in [2.75, 3.05) is 36.8 Å². The summed E-state index contributed by atoms with van der Waals surface area (Å²) in [7, 11) is 0. The largest absolute Gasteiger partial charge is 0.397 e. The Morgan fingerprint density at radius 2 is 1.86 bits per heavy atom. The monoisotopic (exact) mass is 305 g/mol. The van der Waals surface area contributed by atoms with Crippen LogP contribution >= 0.6 is 11.3 Å². The number of anilines is 2. The number of benzene rings is 1. The second-order valence-corrected chi connectivity index (χ2v) is 5.85. The molecule has 21 heavy (non-hydrogen) atoms. The van der Waals surface area contributed by atoms with Crippen LogP contribution in [0.15, 0.2) is 35.7 Å². The lowest BCUT2D eigenvalue weighted by Crippen LogP contribution is -2.49. The Hall–Kier alpha value is -2.08. The van der Waals surface area contributed by atoms with Gasteiger partial charge in [0.15, 0.2) is 0 Å². The third-order valence-corrected chi connectivity index (χ3v) is 4.57. The first kappa shape index (κ1) is 13.9. The van der Waals surface area contributed by atoms with Crippen LogP contribution in [-0.2, 0) is 0 Å². The van der Waals surface area contributed by atoms with Gasteiger partial charge in [-0.2, -0.15) is 0 Å². The first-order valence-electron chi connectivity index (χ1n) is 6.78. The molecule has 0 aliphatic carbocycles. The molecule has 1 aliphatic heterocycles. The minimum absolute atomic E-state index is 0.0318. The molecule has 2 N–H and O–H groups in total. The standard InChI is InChI=1S/C15H16FN3OS/c16-11-3-1-2-4-13(11)18-6-8-19(9-7-18)15(20)14-12(17)5-10-21-14/h1-5,10H,6-9,17H2. The van der Waals surface area contributed by atoms with Crippen molar-refractivity contribution in [1.29, 1.82) is 0 Å². The summed E-state index contributed by atoms with van der Waals surface area (Å²) in [5.74, 6) is -0.254. The van der Waals surface area contributed by atoms with Crippen molar-refractivity contribution >= 4 is 28.6 Å². The van der Waals surface area contributed by atoms with Crippen LogP contribution < -0.4 is 10.6 Å². The molecule has 3 rings (SSSR count). The summed E-state index contributed by atoms with van der Waals surface area (Å²) in [5, 5.41) is 1.82. The molecule has 0 spiro atoms. The number of amides is 1. The SMILES string of the molecule is Nc1ccsc1C(=O)N1CCN(c2ccccc2F)CC1. The van der Waals surface area contributed by atoms with Crippen molar-refractivity contribution < 1.29 is 9.18 Å². The third kappa shape index (κ3) is 2.71. The first-order chi connectivity index (χ1) is 10.2. The smallest absolute Gasteiger partial charge is 0.266 e. The Morgan fingerprint density at radius 1 is 1.14 bits per heavy atom. The summed E-state index contributed by atoms with van der Waals surface area (Å²) in [5.41, 5.74) is 6.92. The van der Waals surface area contributed by atoms with Gasteiger partial charge in [-0.25, -0.2) is 4.39 Å². The number of nitrogens with zero attached hydrogens (tertiary/aromatic N) is 2. The highest BCUT2D eigenvalue weighted by Gasteiger charge is 2.25. The zero-order valence-corrected chi connectivity index (χ0v) is 12.3. The lowest BCUT2D eigenvalue weighted by atomic mass is 10.2. The molecule has 0 unspecified atom stereocenters. The molecular weight excluding hydrogens is 289 g/mol. The molecule has 0 radical (unpaired) electrons. The highest BCUT2D eigenvalue weighted by molar-refractivity contribution is 7.12. The van der Waals surface area contributed by atoms with E-state index in [9.17, 15) is 9.18 Å². The van der Waals surface area contributed by atoms with Gasteiger partial charge in [0, 0.05) is 26.2 Å². The van der Waals surface area contributed by atoms with E-state index in [2.05, 4.69) is 0 Å².